The molecular weight excluding hydrogens is 258 g/mol. The fraction of sp³-hybridized carbons (Fsp3) is 1.00. The van der Waals surface area contributed by atoms with Crippen LogP contribution in [0.4, 0.5) is 0 Å². The van der Waals surface area contributed by atoms with Crippen LogP contribution < -0.4 is 5.32 Å². The second-order valence-corrected chi connectivity index (χ2v) is 5.42. The molecule has 20 heavy (non-hydrogen) atoms. The van der Waals surface area contributed by atoms with E-state index in [9.17, 15) is 5.11 Å². The third-order valence-electron chi connectivity index (χ3n) is 3.18. The van der Waals surface area contributed by atoms with Crippen molar-refractivity contribution in [1.82, 2.24) is 5.32 Å². The van der Waals surface area contributed by atoms with Crippen molar-refractivity contribution in [3.05, 3.63) is 0 Å². The van der Waals surface area contributed by atoms with Crippen LogP contribution in [0.15, 0.2) is 0 Å². The Morgan fingerprint density at radius 3 is 2.65 bits per heavy atom. The maximum absolute atomic E-state index is 9.68. The second-order valence-electron chi connectivity index (χ2n) is 5.42. The Kier molecular flexibility index (Phi) is 11.2. The molecule has 0 aromatic rings. The predicted octanol–water partition coefficient (Wildman–Crippen LogP) is 1.20. The Hall–Kier alpha value is -0.200. The monoisotopic (exact) mass is 289 g/mol. The Labute approximate surface area is 123 Å². The summed E-state index contributed by atoms with van der Waals surface area (Å²) in [5.41, 5.74) is 0. The van der Waals surface area contributed by atoms with Gasteiger partial charge in [0.15, 0.2) is 0 Å². The van der Waals surface area contributed by atoms with Crippen molar-refractivity contribution in [2.24, 2.45) is 5.92 Å². The normalized spacial score (nSPS) is 16.5. The number of aliphatic hydroxyl groups is 1. The van der Waals surface area contributed by atoms with Crippen LogP contribution in [0.25, 0.3) is 0 Å². The Balaban J connectivity index is 1.72. The molecule has 0 bridgehead atoms. The van der Waals surface area contributed by atoms with Crippen molar-refractivity contribution in [3.8, 4) is 0 Å². The van der Waals surface area contributed by atoms with Gasteiger partial charge in [0.2, 0.25) is 0 Å². The molecule has 0 saturated heterocycles. The van der Waals surface area contributed by atoms with Gasteiger partial charge in [-0.15, -0.1) is 0 Å². The average molecular weight is 289 g/mol. The first-order valence-electron chi connectivity index (χ1n) is 7.95. The van der Waals surface area contributed by atoms with E-state index in [0.717, 1.165) is 45.1 Å². The average Bonchev–Trinajstić information content (AvgIpc) is 3.26. The molecule has 0 aromatic carbocycles. The Morgan fingerprint density at radius 2 is 1.90 bits per heavy atom. The lowest BCUT2D eigenvalue weighted by molar-refractivity contribution is 0.00340. The summed E-state index contributed by atoms with van der Waals surface area (Å²) in [6.45, 7) is 7.38. The second kappa shape index (κ2) is 12.5. The van der Waals surface area contributed by atoms with Gasteiger partial charge in [-0.05, 0) is 25.2 Å². The smallest absolute Gasteiger partial charge is 0.0897 e. The van der Waals surface area contributed by atoms with Crippen molar-refractivity contribution in [3.63, 3.8) is 0 Å². The lowest BCUT2D eigenvalue weighted by Crippen LogP contribution is -2.32. The zero-order valence-electron chi connectivity index (χ0n) is 12.8. The van der Waals surface area contributed by atoms with Crippen LogP contribution in [-0.4, -0.2) is 63.9 Å². The minimum absolute atomic E-state index is 0.354. The van der Waals surface area contributed by atoms with Gasteiger partial charge in [0.05, 0.1) is 32.5 Å². The van der Waals surface area contributed by atoms with E-state index < -0.39 is 6.10 Å². The lowest BCUT2D eigenvalue weighted by atomic mass is 10.4. The minimum Gasteiger partial charge on any atom is -0.389 e. The van der Waals surface area contributed by atoms with Gasteiger partial charge in [-0.2, -0.15) is 0 Å². The van der Waals surface area contributed by atoms with E-state index in [1.165, 1.54) is 12.8 Å². The summed E-state index contributed by atoms with van der Waals surface area (Å²) in [6, 6.07) is 0. The molecule has 1 fully saturated rings. The summed E-state index contributed by atoms with van der Waals surface area (Å²) in [5, 5.41) is 12.8. The summed E-state index contributed by atoms with van der Waals surface area (Å²) in [6.07, 6.45) is 4.43. The largest absolute Gasteiger partial charge is 0.389 e. The highest BCUT2D eigenvalue weighted by molar-refractivity contribution is 4.72. The molecule has 2 N–H and O–H groups in total. The first-order valence-corrected chi connectivity index (χ1v) is 7.95. The number of ether oxygens (including phenoxy) is 3. The van der Waals surface area contributed by atoms with Crippen LogP contribution in [0.5, 0.6) is 0 Å². The first kappa shape index (κ1) is 17.9. The molecule has 0 aliphatic heterocycles. The summed E-state index contributed by atoms with van der Waals surface area (Å²) < 4.78 is 16.2. The molecule has 0 amide bonds. The van der Waals surface area contributed by atoms with Gasteiger partial charge >= 0.3 is 0 Å². The third kappa shape index (κ3) is 11.6. The molecule has 1 unspecified atom stereocenters. The number of hydrogen-bond donors (Lipinski definition) is 2. The molecule has 5 heteroatoms. The van der Waals surface area contributed by atoms with E-state index in [-0.39, 0.29) is 0 Å². The molecule has 1 atom stereocenters. The molecule has 0 spiro atoms. The molecule has 5 nitrogen and oxygen atoms in total. The number of unbranched alkanes of at least 4 members (excludes halogenated alkanes) is 1. The van der Waals surface area contributed by atoms with E-state index in [4.69, 9.17) is 14.2 Å². The number of aliphatic hydroxyl groups excluding tert-OH is 1. The minimum atomic E-state index is -0.464. The fourth-order valence-corrected chi connectivity index (χ4v) is 1.69. The van der Waals surface area contributed by atoms with Crippen LogP contribution in [0, 0.1) is 5.92 Å². The van der Waals surface area contributed by atoms with E-state index in [1.54, 1.807) is 0 Å². The zero-order chi connectivity index (χ0) is 14.5. The fourth-order valence-electron chi connectivity index (χ4n) is 1.69. The third-order valence-corrected chi connectivity index (χ3v) is 3.18. The molecule has 1 aliphatic rings. The highest BCUT2D eigenvalue weighted by Gasteiger charge is 2.20. The molecule has 1 rings (SSSR count). The van der Waals surface area contributed by atoms with E-state index in [2.05, 4.69) is 12.2 Å². The van der Waals surface area contributed by atoms with Gasteiger partial charge in [0.25, 0.3) is 0 Å². The van der Waals surface area contributed by atoms with Gasteiger partial charge in [-0.25, -0.2) is 0 Å². The summed E-state index contributed by atoms with van der Waals surface area (Å²) in [7, 11) is 0. The summed E-state index contributed by atoms with van der Waals surface area (Å²) >= 11 is 0. The van der Waals surface area contributed by atoms with Crippen LogP contribution in [0.2, 0.25) is 0 Å². The molecule has 1 saturated carbocycles. The van der Waals surface area contributed by atoms with Crippen molar-refractivity contribution in [1.29, 1.82) is 0 Å². The van der Waals surface area contributed by atoms with Crippen molar-refractivity contribution >= 4 is 0 Å². The van der Waals surface area contributed by atoms with Gasteiger partial charge in [0, 0.05) is 26.3 Å². The van der Waals surface area contributed by atoms with Crippen molar-refractivity contribution < 1.29 is 19.3 Å². The van der Waals surface area contributed by atoms with Crippen LogP contribution >= 0.6 is 0 Å². The summed E-state index contributed by atoms with van der Waals surface area (Å²) in [4.78, 5) is 0. The zero-order valence-corrected chi connectivity index (χ0v) is 12.8. The Morgan fingerprint density at radius 1 is 1.10 bits per heavy atom. The van der Waals surface area contributed by atoms with Gasteiger partial charge < -0.3 is 24.6 Å². The lowest BCUT2D eigenvalue weighted by Gasteiger charge is -2.12. The standard InChI is InChI=1S/C15H31NO4/c1-2-3-7-18-9-10-20-13-15(17)11-16-6-8-19-12-14-4-5-14/h14-17H,2-13H2,1H3. The SMILES string of the molecule is CCCCOCCOCC(O)CNCCOCC1CC1. The molecule has 120 valence electrons. The van der Waals surface area contributed by atoms with E-state index in [1.807, 2.05) is 0 Å². The van der Waals surface area contributed by atoms with Gasteiger partial charge in [0.1, 0.15) is 0 Å². The molecule has 0 heterocycles. The van der Waals surface area contributed by atoms with E-state index in [0.29, 0.717) is 26.4 Å². The maximum atomic E-state index is 9.68. The van der Waals surface area contributed by atoms with Gasteiger partial charge in [-0.3, -0.25) is 0 Å². The van der Waals surface area contributed by atoms with Crippen LogP contribution in [0.1, 0.15) is 32.6 Å². The van der Waals surface area contributed by atoms with Gasteiger partial charge in [-0.1, -0.05) is 13.3 Å². The van der Waals surface area contributed by atoms with Crippen LogP contribution in [-0.2, 0) is 14.2 Å². The number of nitrogens with one attached hydrogen (secondary N) is 1. The molecule has 0 aromatic heterocycles. The quantitative estimate of drug-likeness (QED) is 0.444. The maximum Gasteiger partial charge on any atom is 0.0897 e. The molecule has 0 radical (unpaired) electrons. The highest BCUT2D eigenvalue weighted by Crippen LogP contribution is 2.28. The molecular formula is C15H31NO4. The number of hydrogen-bond acceptors (Lipinski definition) is 5. The molecule has 1 aliphatic carbocycles. The first-order chi connectivity index (χ1) is 9.83. The van der Waals surface area contributed by atoms with E-state index >= 15 is 0 Å². The predicted molar refractivity (Wildman–Crippen MR) is 79.0 cm³/mol. The number of rotatable bonds is 15. The van der Waals surface area contributed by atoms with Crippen LogP contribution in [0.3, 0.4) is 0 Å². The topological polar surface area (TPSA) is 60.0 Å². The Bertz CT molecular complexity index is 212. The van der Waals surface area contributed by atoms with Crippen molar-refractivity contribution in [2.75, 3.05) is 52.7 Å². The summed E-state index contributed by atoms with van der Waals surface area (Å²) in [5.74, 6) is 0.813. The highest BCUT2D eigenvalue weighted by atomic mass is 16.5. The van der Waals surface area contributed by atoms with Crippen molar-refractivity contribution in [2.45, 2.75) is 38.7 Å².